The second-order valence-corrected chi connectivity index (χ2v) is 6.28. The Bertz CT molecular complexity index is 914. The molecule has 0 fully saturated rings. The lowest BCUT2D eigenvalue weighted by atomic mass is 10.2. The summed E-state index contributed by atoms with van der Waals surface area (Å²) in [6.45, 7) is 3.33. The maximum atomic E-state index is 12.3. The zero-order valence-corrected chi connectivity index (χ0v) is 12.6. The van der Waals surface area contributed by atoms with E-state index in [1.807, 2.05) is 0 Å². The second-order valence-electron chi connectivity index (χ2n) is 4.59. The van der Waals surface area contributed by atoms with Crippen LogP contribution in [0.3, 0.4) is 0 Å². The standard InChI is InChI=1S/C13H12N4O4S/c1-8-6-12(15-20-8)17-22(18,19)11-5-3-4-10(7-11)13-14-9(2)21-16-13/h3-7H,1-2H3,(H,15,17). The Hall–Kier alpha value is -2.68. The van der Waals surface area contributed by atoms with Crippen molar-refractivity contribution in [2.75, 3.05) is 4.72 Å². The van der Waals surface area contributed by atoms with Crippen molar-refractivity contribution >= 4 is 15.8 Å². The Balaban J connectivity index is 1.94. The largest absolute Gasteiger partial charge is 0.360 e. The summed E-state index contributed by atoms with van der Waals surface area (Å²) in [7, 11) is -3.78. The number of benzene rings is 1. The lowest BCUT2D eigenvalue weighted by molar-refractivity contribution is 0.394. The van der Waals surface area contributed by atoms with Gasteiger partial charge in [0, 0.05) is 18.6 Å². The van der Waals surface area contributed by atoms with Crippen LogP contribution in [0.15, 0.2) is 44.3 Å². The van der Waals surface area contributed by atoms with Crippen LogP contribution in [0, 0.1) is 13.8 Å². The van der Waals surface area contributed by atoms with E-state index in [0.29, 0.717) is 23.0 Å². The molecule has 22 heavy (non-hydrogen) atoms. The molecule has 3 aromatic rings. The molecule has 0 radical (unpaired) electrons. The van der Waals surface area contributed by atoms with Crippen molar-refractivity contribution in [2.24, 2.45) is 0 Å². The van der Waals surface area contributed by atoms with E-state index < -0.39 is 10.0 Å². The molecule has 0 unspecified atom stereocenters. The molecule has 9 heteroatoms. The Morgan fingerprint density at radius 1 is 1.09 bits per heavy atom. The Morgan fingerprint density at radius 2 is 1.91 bits per heavy atom. The molecule has 0 aliphatic carbocycles. The first-order chi connectivity index (χ1) is 10.4. The first-order valence-corrected chi connectivity index (χ1v) is 7.79. The summed E-state index contributed by atoms with van der Waals surface area (Å²) in [6.07, 6.45) is 0. The third kappa shape index (κ3) is 2.84. The van der Waals surface area contributed by atoms with Crippen LogP contribution in [0.2, 0.25) is 0 Å². The van der Waals surface area contributed by atoms with Gasteiger partial charge in [0.05, 0.1) is 4.90 Å². The van der Waals surface area contributed by atoms with E-state index in [-0.39, 0.29) is 10.7 Å². The average molecular weight is 320 g/mol. The molecule has 0 aliphatic rings. The van der Waals surface area contributed by atoms with E-state index in [9.17, 15) is 8.42 Å². The van der Waals surface area contributed by atoms with Crippen LogP contribution in [0.4, 0.5) is 5.82 Å². The minimum absolute atomic E-state index is 0.0631. The van der Waals surface area contributed by atoms with Crippen LogP contribution in [0.5, 0.6) is 0 Å². The molecule has 0 amide bonds. The summed E-state index contributed by atoms with van der Waals surface area (Å²) in [5, 5.41) is 7.37. The van der Waals surface area contributed by atoms with Gasteiger partial charge in [-0.3, -0.25) is 4.72 Å². The van der Waals surface area contributed by atoms with Crippen LogP contribution in [0.25, 0.3) is 11.4 Å². The summed E-state index contributed by atoms with van der Waals surface area (Å²) in [5.74, 6) is 1.36. The summed E-state index contributed by atoms with van der Waals surface area (Å²) in [5.41, 5.74) is 0.538. The SMILES string of the molecule is Cc1cc(NS(=O)(=O)c2cccc(-c3noc(C)n3)c2)no1. The monoisotopic (exact) mass is 320 g/mol. The van der Waals surface area contributed by atoms with Crippen molar-refractivity contribution in [1.29, 1.82) is 0 Å². The van der Waals surface area contributed by atoms with E-state index in [0.717, 1.165) is 0 Å². The highest BCUT2D eigenvalue weighted by Gasteiger charge is 2.18. The number of hydrogen-bond donors (Lipinski definition) is 1. The first-order valence-electron chi connectivity index (χ1n) is 6.31. The fraction of sp³-hybridized carbons (Fsp3) is 0.154. The molecule has 0 saturated heterocycles. The Kier molecular flexibility index (Phi) is 3.41. The van der Waals surface area contributed by atoms with Gasteiger partial charge in [-0.1, -0.05) is 22.4 Å². The molecule has 1 N–H and O–H groups in total. The molecule has 3 rings (SSSR count). The zero-order chi connectivity index (χ0) is 15.7. The molecule has 2 aromatic heterocycles. The van der Waals surface area contributed by atoms with E-state index >= 15 is 0 Å². The van der Waals surface area contributed by atoms with Gasteiger partial charge in [0.25, 0.3) is 10.0 Å². The van der Waals surface area contributed by atoms with Crippen LogP contribution < -0.4 is 4.72 Å². The van der Waals surface area contributed by atoms with E-state index in [2.05, 4.69) is 20.0 Å². The van der Waals surface area contributed by atoms with Gasteiger partial charge in [-0.2, -0.15) is 4.98 Å². The fourth-order valence-electron chi connectivity index (χ4n) is 1.83. The predicted octanol–water partition coefficient (Wildman–Crippen LogP) is 2.14. The number of rotatable bonds is 4. The molecule has 0 saturated carbocycles. The molecule has 1 aromatic carbocycles. The summed E-state index contributed by atoms with van der Waals surface area (Å²) >= 11 is 0. The topological polar surface area (TPSA) is 111 Å². The molecule has 0 atom stereocenters. The number of aryl methyl sites for hydroxylation is 2. The summed E-state index contributed by atoms with van der Waals surface area (Å²) < 4.78 is 36.8. The van der Waals surface area contributed by atoms with Gasteiger partial charge in [0.1, 0.15) is 5.76 Å². The van der Waals surface area contributed by atoms with Gasteiger partial charge in [-0.25, -0.2) is 8.42 Å². The number of hydrogen-bond acceptors (Lipinski definition) is 7. The van der Waals surface area contributed by atoms with Crippen molar-refractivity contribution in [3.8, 4) is 11.4 Å². The number of sulfonamides is 1. The van der Waals surface area contributed by atoms with E-state index in [1.165, 1.54) is 18.2 Å². The second kappa shape index (κ2) is 5.26. The van der Waals surface area contributed by atoms with Gasteiger partial charge in [-0.15, -0.1) is 0 Å². The maximum Gasteiger partial charge on any atom is 0.263 e. The minimum Gasteiger partial charge on any atom is -0.360 e. The summed E-state index contributed by atoms with van der Waals surface area (Å²) in [6, 6.07) is 7.71. The van der Waals surface area contributed by atoms with Crippen LogP contribution in [-0.4, -0.2) is 23.7 Å². The molecule has 0 aliphatic heterocycles. The minimum atomic E-state index is -3.78. The predicted molar refractivity (Wildman–Crippen MR) is 76.5 cm³/mol. The molecule has 114 valence electrons. The lowest BCUT2D eigenvalue weighted by Gasteiger charge is -2.05. The van der Waals surface area contributed by atoms with Gasteiger partial charge in [0.2, 0.25) is 11.7 Å². The molecule has 0 spiro atoms. The lowest BCUT2D eigenvalue weighted by Crippen LogP contribution is -2.13. The molecule has 8 nitrogen and oxygen atoms in total. The zero-order valence-electron chi connectivity index (χ0n) is 11.8. The van der Waals surface area contributed by atoms with Crippen molar-refractivity contribution < 1.29 is 17.5 Å². The highest BCUT2D eigenvalue weighted by Crippen LogP contribution is 2.21. The van der Waals surface area contributed by atoms with E-state index in [1.54, 1.807) is 26.0 Å². The number of nitrogens with zero attached hydrogens (tertiary/aromatic N) is 3. The van der Waals surface area contributed by atoms with Crippen molar-refractivity contribution in [2.45, 2.75) is 18.7 Å². The third-order valence-corrected chi connectivity index (χ3v) is 4.15. The van der Waals surface area contributed by atoms with Crippen molar-refractivity contribution in [1.82, 2.24) is 15.3 Å². The van der Waals surface area contributed by atoms with Crippen molar-refractivity contribution in [3.63, 3.8) is 0 Å². The highest BCUT2D eigenvalue weighted by molar-refractivity contribution is 7.92. The average Bonchev–Trinajstić information content (AvgIpc) is 3.07. The maximum absolute atomic E-state index is 12.3. The highest BCUT2D eigenvalue weighted by atomic mass is 32.2. The van der Waals surface area contributed by atoms with Gasteiger partial charge in [0.15, 0.2) is 5.82 Å². The van der Waals surface area contributed by atoms with E-state index in [4.69, 9.17) is 9.05 Å². The fourth-order valence-corrected chi connectivity index (χ4v) is 2.86. The van der Waals surface area contributed by atoms with Gasteiger partial charge < -0.3 is 9.05 Å². The van der Waals surface area contributed by atoms with Crippen LogP contribution >= 0.6 is 0 Å². The normalized spacial score (nSPS) is 11.5. The Labute approximate surface area is 126 Å². The first kappa shape index (κ1) is 14.3. The summed E-state index contributed by atoms with van der Waals surface area (Å²) in [4.78, 5) is 4.13. The molecular formula is C13H12N4O4S. The van der Waals surface area contributed by atoms with Crippen LogP contribution in [0.1, 0.15) is 11.7 Å². The van der Waals surface area contributed by atoms with Crippen LogP contribution in [-0.2, 0) is 10.0 Å². The molecule has 2 heterocycles. The van der Waals surface area contributed by atoms with Gasteiger partial charge in [-0.05, 0) is 19.1 Å². The quantitative estimate of drug-likeness (QED) is 0.783. The number of aromatic nitrogens is 3. The van der Waals surface area contributed by atoms with Crippen molar-refractivity contribution in [3.05, 3.63) is 42.0 Å². The van der Waals surface area contributed by atoms with Gasteiger partial charge >= 0.3 is 0 Å². The number of nitrogens with one attached hydrogen (secondary N) is 1. The Morgan fingerprint density at radius 3 is 2.55 bits per heavy atom. The molecular weight excluding hydrogens is 308 g/mol. The third-order valence-electron chi connectivity index (χ3n) is 2.80. The molecule has 0 bridgehead atoms. The smallest absolute Gasteiger partial charge is 0.263 e. The number of anilines is 1.